The Labute approximate surface area is 172 Å². The molecule has 4 heterocycles. The van der Waals surface area contributed by atoms with Gasteiger partial charge in [-0.1, -0.05) is 0 Å². The van der Waals surface area contributed by atoms with E-state index in [2.05, 4.69) is 25.5 Å². The second-order valence-electron chi connectivity index (χ2n) is 7.63. The van der Waals surface area contributed by atoms with Gasteiger partial charge in [-0.05, 0) is 26.8 Å². The van der Waals surface area contributed by atoms with Gasteiger partial charge in [-0.25, -0.2) is 14.3 Å². The van der Waals surface area contributed by atoms with Crippen molar-refractivity contribution in [3.8, 4) is 22.9 Å². The lowest BCUT2D eigenvalue weighted by molar-refractivity contribution is 0.0636. The molecule has 0 radical (unpaired) electrons. The van der Waals surface area contributed by atoms with Crippen LogP contribution in [-0.4, -0.2) is 41.1 Å². The summed E-state index contributed by atoms with van der Waals surface area (Å²) in [6.45, 7) is 5.38. The number of nitrogens with one attached hydrogen (secondary N) is 1. The quantitative estimate of drug-likeness (QED) is 0.550. The monoisotopic (exact) mass is 407 g/mol. The molecule has 0 aliphatic heterocycles. The number of hydrogen-bond acceptors (Lipinski definition) is 7. The molecule has 0 atom stereocenters. The predicted molar refractivity (Wildman–Crippen MR) is 109 cm³/mol. The molecule has 4 aromatic rings. The molecule has 0 aliphatic carbocycles. The van der Waals surface area contributed by atoms with Crippen molar-refractivity contribution in [1.82, 2.24) is 29.4 Å². The van der Waals surface area contributed by atoms with E-state index in [0.717, 1.165) is 5.56 Å². The van der Waals surface area contributed by atoms with Crippen molar-refractivity contribution in [3.05, 3.63) is 49.3 Å². The van der Waals surface area contributed by atoms with Crippen LogP contribution < -0.4 is 10.1 Å². The summed E-state index contributed by atoms with van der Waals surface area (Å²) in [5.41, 5.74) is 2.02. The molecule has 0 unspecified atom stereocenters. The van der Waals surface area contributed by atoms with Crippen LogP contribution >= 0.6 is 0 Å². The number of hydrogen-bond donors (Lipinski definition) is 1. The van der Waals surface area contributed by atoms with E-state index in [1.807, 2.05) is 13.2 Å². The standard InChI is InChI=1S/C20H21N7O3/c1-20(2,3)30-19(28)24-14-7-15(10-21-9-14)29-18-17-5-6-22-27(17)12-16(25-18)13-8-23-26(4)11-13/h5-12H,1-4H3,(H,24,28). The van der Waals surface area contributed by atoms with Crippen LogP contribution in [0.3, 0.4) is 0 Å². The molecule has 10 nitrogen and oxygen atoms in total. The lowest BCUT2D eigenvalue weighted by Gasteiger charge is -2.19. The number of aromatic nitrogens is 6. The molecular weight excluding hydrogens is 386 g/mol. The summed E-state index contributed by atoms with van der Waals surface area (Å²) in [7, 11) is 1.84. The molecule has 4 rings (SSSR count). The molecule has 30 heavy (non-hydrogen) atoms. The molecule has 1 amide bonds. The van der Waals surface area contributed by atoms with E-state index in [9.17, 15) is 4.79 Å². The smallest absolute Gasteiger partial charge is 0.412 e. The van der Waals surface area contributed by atoms with Crippen molar-refractivity contribution < 1.29 is 14.3 Å². The molecular formula is C20H21N7O3. The van der Waals surface area contributed by atoms with Crippen LogP contribution in [0.25, 0.3) is 16.8 Å². The third-order valence-electron chi connectivity index (χ3n) is 3.93. The molecule has 1 N–H and O–H groups in total. The van der Waals surface area contributed by atoms with Crippen molar-refractivity contribution in [3.63, 3.8) is 0 Å². The van der Waals surface area contributed by atoms with Crippen LogP contribution in [0.2, 0.25) is 0 Å². The summed E-state index contributed by atoms with van der Waals surface area (Å²) in [6, 6.07) is 3.44. The van der Waals surface area contributed by atoms with Gasteiger partial charge in [0.05, 0.1) is 42.4 Å². The van der Waals surface area contributed by atoms with Gasteiger partial charge >= 0.3 is 6.09 Å². The number of pyridine rings is 1. The van der Waals surface area contributed by atoms with Crippen molar-refractivity contribution >= 4 is 17.3 Å². The number of fused-ring (bicyclic) bond motifs is 1. The Morgan fingerprint density at radius 3 is 2.70 bits per heavy atom. The Hall–Kier alpha value is -3.95. The predicted octanol–water partition coefficient (Wildman–Crippen LogP) is 3.66. The summed E-state index contributed by atoms with van der Waals surface area (Å²) >= 11 is 0. The first-order valence-corrected chi connectivity index (χ1v) is 9.23. The number of rotatable bonds is 4. The zero-order chi connectivity index (χ0) is 21.3. The Kier molecular flexibility index (Phi) is 4.82. The Bertz CT molecular complexity index is 1210. The summed E-state index contributed by atoms with van der Waals surface area (Å²) < 4.78 is 14.6. The third-order valence-corrected chi connectivity index (χ3v) is 3.93. The van der Waals surface area contributed by atoms with E-state index in [-0.39, 0.29) is 0 Å². The summed E-state index contributed by atoms with van der Waals surface area (Å²) in [5, 5.41) is 11.1. The fourth-order valence-corrected chi connectivity index (χ4v) is 2.74. The van der Waals surface area contributed by atoms with Crippen LogP contribution in [0.5, 0.6) is 11.6 Å². The topological polar surface area (TPSA) is 108 Å². The van der Waals surface area contributed by atoms with Gasteiger partial charge in [0, 0.05) is 24.9 Å². The SMILES string of the molecule is Cn1cc(-c2cn3nccc3c(Oc3cncc(NC(=O)OC(C)(C)C)c3)n2)cn1. The Balaban J connectivity index is 1.61. The van der Waals surface area contributed by atoms with Crippen molar-refractivity contribution in [2.45, 2.75) is 26.4 Å². The van der Waals surface area contributed by atoms with Crippen molar-refractivity contribution in [2.75, 3.05) is 5.32 Å². The molecule has 154 valence electrons. The molecule has 0 saturated carbocycles. The maximum Gasteiger partial charge on any atom is 0.412 e. The van der Waals surface area contributed by atoms with Crippen molar-refractivity contribution in [1.29, 1.82) is 0 Å². The Morgan fingerprint density at radius 1 is 1.13 bits per heavy atom. The van der Waals surface area contributed by atoms with Gasteiger partial charge in [-0.3, -0.25) is 15.0 Å². The van der Waals surface area contributed by atoms with E-state index >= 15 is 0 Å². The molecule has 0 aliphatic rings. The zero-order valence-corrected chi connectivity index (χ0v) is 17.0. The van der Waals surface area contributed by atoms with Crippen LogP contribution in [-0.2, 0) is 11.8 Å². The van der Waals surface area contributed by atoms with Gasteiger partial charge < -0.3 is 9.47 Å². The number of aryl methyl sites for hydroxylation is 1. The van der Waals surface area contributed by atoms with E-state index in [4.69, 9.17) is 9.47 Å². The maximum atomic E-state index is 12.0. The second-order valence-corrected chi connectivity index (χ2v) is 7.63. The minimum absolute atomic E-state index is 0.352. The summed E-state index contributed by atoms with van der Waals surface area (Å²) in [5.74, 6) is 0.757. The average molecular weight is 407 g/mol. The minimum Gasteiger partial charge on any atom is -0.444 e. The third kappa shape index (κ3) is 4.37. The lowest BCUT2D eigenvalue weighted by atomic mass is 10.2. The van der Waals surface area contributed by atoms with Crippen LogP contribution in [0, 0.1) is 0 Å². The summed E-state index contributed by atoms with van der Waals surface area (Å²) in [4.78, 5) is 20.7. The highest BCUT2D eigenvalue weighted by Gasteiger charge is 2.17. The number of carbonyl (C=O) groups excluding carboxylic acids is 1. The van der Waals surface area contributed by atoms with Gasteiger partial charge in [0.15, 0.2) is 0 Å². The van der Waals surface area contributed by atoms with Gasteiger partial charge in [0.1, 0.15) is 16.9 Å². The highest BCUT2D eigenvalue weighted by molar-refractivity contribution is 5.84. The van der Waals surface area contributed by atoms with E-state index in [1.165, 1.54) is 12.4 Å². The van der Waals surface area contributed by atoms with Gasteiger partial charge in [0.2, 0.25) is 5.88 Å². The Morgan fingerprint density at radius 2 is 1.97 bits per heavy atom. The normalized spacial score (nSPS) is 11.5. The highest BCUT2D eigenvalue weighted by Crippen LogP contribution is 2.28. The number of anilines is 1. The highest BCUT2D eigenvalue weighted by atomic mass is 16.6. The molecule has 0 fully saturated rings. The minimum atomic E-state index is -0.601. The zero-order valence-electron chi connectivity index (χ0n) is 17.0. The van der Waals surface area contributed by atoms with E-state index in [0.29, 0.717) is 28.5 Å². The number of nitrogens with zero attached hydrogens (tertiary/aromatic N) is 6. The molecule has 4 aromatic heterocycles. The van der Waals surface area contributed by atoms with Gasteiger partial charge in [-0.15, -0.1) is 0 Å². The molecule has 0 spiro atoms. The first kappa shape index (κ1) is 19.4. The number of ether oxygens (including phenoxy) is 2. The van der Waals surface area contributed by atoms with E-state index in [1.54, 1.807) is 60.7 Å². The second kappa shape index (κ2) is 7.47. The molecule has 10 heteroatoms. The summed E-state index contributed by atoms with van der Waals surface area (Å²) in [6.07, 6.45) is 9.50. The first-order chi connectivity index (χ1) is 14.3. The molecule has 0 aromatic carbocycles. The number of carbonyl (C=O) groups is 1. The lowest BCUT2D eigenvalue weighted by Crippen LogP contribution is -2.27. The van der Waals surface area contributed by atoms with Crippen molar-refractivity contribution in [2.24, 2.45) is 7.05 Å². The van der Waals surface area contributed by atoms with Crippen LogP contribution in [0.1, 0.15) is 20.8 Å². The maximum absolute atomic E-state index is 12.0. The van der Waals surface area contributed by atoms with Crippen LogP contribution in [0.4, 0.5) is 10.5 Å². The van der Waals surface area contributed by atoms with Crippen LogP contribution in [0.15, 0.2) is 49.3 Å². The molecule has 0 bridgehead atoms. The fraction of sp³-hybridized carbons (Fsp3) is 0.250. The average Bonchev–Trinajstić information content (AvgIpc) is 3.29. The number of amides is 1. The largest absolute Gasteiger partial charge is 0.444 e. The van der Waals surface area contributed by atoms with E-state index < -0.39 is 11.7 Å². The van der Waals surface area contributed by atoms with Gasteiger partial charge in [-0.2, -0.15) is 10.2 Å². The van der Waals surface area contributed by atoms with Gasteiger partial charge in [0.25, 0.3) is 0 Å². The first-order valence-electron chi connectivity index (χ1n) is 9.23. The fourth-order valence-electron chi connectivity index (χ4n) is 2.74. The molecule has 0 saturated heterocycles.